The SMILES string of the molecule is COC(=O)c1cc(Br)ccc1NC(=O)CCN(C)C. The van der Waals surface area contributed by atoms with E-state index in [2.05, 4.69) is 21.2 Å². The molecule has 0 aliphatic rings. The summed E-state index contributed by atoms with van der Waals surface area (Å²) >= 11 is 3.28. The van der Waals surface area contributed by atoms with Crippen LogP contribution in [0.5, 0.6) is 0 Å². The zero-order chi connectivity index (χ0) is 14.4. The molecule has 0 saturated heterocycles. The number of hydrogen-bond acceptors (Lipinski definition) is 4. The molecular formula is C13H17BrN2O3. The van der Waals surface area contributed by atoms with Crippen molar-refractivity contribution in [2.75, 3.05) is 33.1 Å². The summed E-state index contributed by atoms with van der Waals surface area (Å²) in [6.07, 6.45) is 0.365. The van der Waals surface area contributed by atoms with Crippen LogP contribution >= 0.6 is 15.9 Å². The maximum Gasteiger partial charge on any atom is 0.340 e. The lowest BCUT2D eigenvalue weighted by atomic mass is 10.1. The van der Waals surface area contributed by atoms with Gasteiger partial charge in [0.25, 0.3) is 0 Å². The molecule has 0 unspecified atom stereocenters. The molecule has 0 aliphatic carbocycles. The van der Waals surface area contributed by atoms with Gasteiger partial charge in [-0.3, -0.25) is 4.79 Å². The van der Waals surface area contributed by atoms with Crippen molar-refractivity contribution in [3.63, 3.8) is 0 Å². The fourth-order valence-electron chi connectivity index (χ4n) is 1.44. The highest BCUT2D eigenvalue weighted by Gasteiger charge is 2.14. The van der Waals surface area contributed by atoms with Crippen LogP contribution in [0.2, 0.25) is 0 Å². The molecule has 1 aromatic carbocycles. The molecule has 0 bridgehead atoms. The first-order chi connectivity index (χ1) is 8.93. The van der Waals surface area contributed by atoms with E-state index in [9.17, 15) is 9.59 Å². The van der Waals surface area contributed by atoms with E-state index in [-0.39, 0.29) is 5.91 Å². The van der Waals surface area contributed by atoms with E-state index in [0.29, 0.717) is 24.2 Å². The molecule has 19 heavy (non-hydrogen) atoms. The molecule has 0 heterocycles. The molecule has 5 nitrogen and oxygen atoms in total. The summed E-state index contributed by atoms with van der Waals surface area (Å²) in [5.41, 5.74) is 0.786. The lowest BCUT2D eigenvalue weighted by Gasteiger charge is -2.12. The third kappa shape index (κ3) is 5.00. The van der Waals surface area contributed by atoms with Crippen LogP contribution in [0, 0.1) is 0 Å². The normalized spacial score (nSPS) is 10.4. The van der Waals surface area contributed by atoms with Gasteiger partial charge in [-0.05, 0) is 32.3 Å². The first kappa shape index (κ1) is 15.7. The van der Waals surface area contributed by atoms with Gasteiger partial charge in [0.15, 0.2) is 0 Å². The third-order valence-corrected chi connectivity index (χ3v) is 2.94. The molecule has 104 valence electrons. The number of esters is 1. The van der Waals surface area contributed by atoms with Crippen LogP contribution in [0.4, 0.5) is 5.69 Å². The number of amides is 1. The zero-order valence-corrected chi connectivity index (χ0v) is 12.8. The molecule has 0 aromatic heterocycles. The van der Waals surface area contributed by atoms with E-state index >= 15 is 0 Å². The number of ether oxygens (including phenoxy) is 1. The molecule has 0 radical (unpaired) electrons. The van der Waals surface area contributed by atoms with Crippen LogP contribution in [-0.4, -0.2) is 44.5 Å². The third-order valence-electron chi connectivity index (χ3n) is 2.45. The van der Waals surface area contributed by atoms with Crippen molar-refractivity contribution in [1.82, 2.24) is 4.90 Å². The summed E-state index contributed by atoms with van der Waals surface area (Å²) in [4.78, 5) is 25.3. The van der Waals surface area contributed by atoms with Crippen molar-refractivity contribution in [3.8, 4) is 0 Å². The predicted molar refractivity (Wildman–Crippen MR) is 77.3 cm³/mol. The van der Waals surface area contributed by atoms with Gasteiger partial charge >= 0.3 is 5.97 Å². The number of nitrogens with zero attached hydrogens (tertiary/aromatic N) is 1. The van der Waals surface area contributed by atoms with E-state index in [1.54, 1.807) is 18.2 Å². The van der Waals surface area contributed by atoms with Gasteiger partial charge in [0.1, 0.15) is 0 Å². The minimum atomic E-state index is -0.482. The Balaban J connectivity index is 2.82. The van der Waals surface area contributed by atoms with Gasteiger partial charge in [0.2, 0.25) is 5.91 Å². The number of anilines is 1. The molecule has 1 rings (SSSR count). The van der Waals surface area contributed by atoms with E-state index < -0.39 is 5.97 Å². The molecule has 1 N–H and O–H groups in total. The quantitative estimate of drug-likeness (QED) is 0.841. The highest BCUT2D eigenvalue weighted by molar-refractivity contribution is 9.10. The van der Waals surface area contributed by atoms with Crippen molar-refractivity contribution < 1.29 is 14.3 Å². The number of carbonyl (C=O) groups is 2. The van der Waals surface area contributed by atoms with Crippen molar-refractivity contribution in [1.29, 1.82) is 0 Å². The number of methoxy groups -OCH3 is 1. The average molecular weight is 329 g/mol. The minimum Gasteiger partial charge on any atom is -0.465 e. The predicted octanol–water partition coefficient (Wildman–Crippen LogP) is 2.13. The average Bonchev–Trinajstić information content (AvgIpc) is 2.37. The van der Waals surface area contributed by atoms with Crippen LogP contribution in [0.15, 0.2) is 22.7 Å². The van der Waals surface area contributed by atoms with Gasteiger partial charge in [-0.2, -0.15) is 0 Å². The van der Waals surface area contributed by atoms with E-state index in [0.717, 1.165) is 4.47 Å². The monoisotopic (exact) mass is 328 g/mol. The molecule has 1 amide bonds. The second kappa shape index (κ2) is 7.25. The smallest absolute Gasteiger partial charge is 0.340 e. The Morgan fingerprint density at radius 2 is 2.05 bits per heavy atom. The lowest BCUT2D eigenvalue weighted by molar-refractivity contribution is -0.116. The molecule has 6 heteroatoms. The summed E-state index contributed by atoms with van der Waals surface area (Å²) in [6.45, 7) is 0.649. The zero-order valence-electron chi connectivity index (χ0n) is 11.2. The van der Waals surface area contributed by atoms with Crippen LogP contribution in [0.3, 0.4) is 0 Å². The van der Waals surface area contributed by atoms with E-state index in [1.807, 2.05) is 19.0 Å². The number of nitrogens with one attached hydrogen (secondary N) is 1. The first-order valence-electron chi connectivity index (χ1n) is 5.76. The Labute approximate surface area is 121 Å². The molecule has 0 aliphatic heterocycles. The molecule has 0 fully saturated rings. The Bertz CT molecular complexity index is 475. The van der Waals surface area contributed by atoms with Crippen LogP contribution in [0.1, 0.15) is 16.8 Å². The van der Waals surface area contributed by atoms with Crippen molar-refractivity contribution >= 4 is 33.5 Å². The number of benzene rings is 1. The molecule has 0 atom stereocenters. The van der Waals surface area contributed by atoms with Crippen LogP contribution < -0.4 is 5.32 Å². The summed E-state index contributed by atoms with van der Waals surface area (Å²) in [5, 5.41) is 2.72. The second-order valence-electron chi connectivity index (χ2n) is 4.28. The molecule has 1 aromatic rings. The first-order valence-corrected chi connectivity index (χ1v) is 6.55. The van der Waals surface area contributed by atoms with Gasteiger partial charge in [-0.1, -0.05) is 15.9 Å². The van der Waals surface area contributed by atoms with Gasteiger partial charge < -0.3 is 15.0 Å². The summed E-state index contributed by atoms with van der Waals surface area (Å²) in [6, 6.07) is 5.05. The fraction of sp³-hybridized carbons (Fsp3) is 0.385. The number of carbonyl (C=O) groups excluding carboxylic acids is 2. The van der Waals surface area contributed by atoms with Crippen molar-refractivity contribution in [2.24, 2.45) is 0 Å². The summed E-state index contributed by atoms with van der Waals surface area (Å²) in [5.74, 6) is -0.620. The number of rotatable bonds is 5. The molecule has 0 saturated carbocycles. The van der Waals surface area contributed by atoms with Crippen molar-refractivity contribution in [2.45, 2.75) is 6.42 Å². The van der Waals surface area contributed by atoms with Gasteiger partial charge in [0.05, 0.1) is 18.4 Å². The fourth-order valence-corrected chi connectivity index (χ4v) is 1.80. The number of halogens is 1. The lowest BCUT2D eigenvalue weighted by Crippen LogP contribution is -2.21. The highest BCUT2D eigenvalue weighted by Crippen LogP contribution is 2.22. The topological polar surface area (TPSA) is 58.6 Å². The largest absolute Gasteiger partial charge is 0.465 e. The van der Waals surface area contributed by atoms with Crippen LogP contribution in [0.25, 0.3) is 0 Å². The molecular weight excluding hydrogens is 312 g/mol. The maximum atomic E-state index is 11.8. The standard InChI is InChI=1S/C13H17BrN2O3/c1-16(2)7-6-12(17)15-11-5-4-9(14)8-10(11)13(18)19-3/h4-5,8H,6-7H2,1-3H3,(H,15,17). The van der Waals surface area contributed by atoms with Crippen LogP contribution in [-0.2, 0) is 9.53 Å². The van der Waals surface area contributed by atoms with Gasteiger partial charge in [-0.25, -0.2) is 4.79 Å². The summed E-state index contributed by atoms with van der Waals surface area (Å²) < 4.78 is 5.44. The second-order valence-corrected chi connectivity index (χ2v) is 5.20. The Morgan fingerprint density at radius 3 is 2.63 bits per heavy atom. The Hall–Kier alpha value is -1.40. The highest BCUT2D eigenvalue weighted by atomic mass is 79.9. The van der Waals surface area contributed by atoms with E-state index in [4.69, 9.17) is 4.74 Å². The number of hydrogen-bond donors (Lipinski definition) is 1. The minimum absolute atomic E-state index is 0.138. The van der Waals surface area contributed by atoms with Gasteiger partial charge in [0, 0.05) is 17.4 Å². The summed E-state index contributed by atoms with van der Waals surface area (Å²) in [7, 11) is 5.10. The van der Waals surface area contributed by atoms with E-state index in [1.165, 1.54) is 7.11 Å². The Kier molecular flexibility index (Phi) is 5.98. The molecule has 0 spiro atoms. The maximum absolute atomic E-state index is 11.8. The Morgan fingerprint density at radius 1 is 1.37 bits per heavy atom. The van der Waals surface area contributed by atoms with Gasteiger partial charge in [-0.15, -0.1) is 0 Å². The van der Waals surface area contributed by atoms with Crippen molar-refractivity contribution in [3.05, 3.63) is 28.2 Å².